The number of ether oxygens (including phenoxy) is 1. The molecule has 0 aromatic heterocycles. The van der Waals surface area contributed by atoms with E-state index >= 15 is 0 Å². The van der Waals surface area contributed by atoms with Crippen molar-refractivity contribution in [3.8, 4) is 0 Å². The number of hydrogen-bond donors (Lipinski definition) is 0. The summed E-state index contributed by atoms with van der Waals surface area (Å²) in [7, 11) is 2.91. The van der Waals surface area contributed by atoms with Crippen LogP contribution < -0.4 is 0 Å². The predicted octanol–water partition coefficient (Wildman–Crippen LogP) is 4.86. The molecule has 0 unspecified atom stereocenters. The minimum absolute atomic E-state index is 0.0588. The monoisotopic (exact) mass is 482 g/mol. The smallest absolute Gasteiger partial charge is 0.332 e. The van der Waals surface area contributed by atoms with Crippen molar-refractivity contribution in [2.24, 2.45) is 11.3 Å². The van der Waals surface area contributed by atoms with Crippen molar-refractivity contribution in [3.05, 3.63) is 83.4 Å². The molecule has 0 N–H and O–H groups in total. The number of imide groups is 2. The minimum atomic E-state index is -1.50. The minimum Gasteiger partial charge on any atom is -0.367 e. The molecule has 2 fully saturated rings. The molecule has 3 aromatic rings. The van der Waals surface area contributed by atoms with Crippen LogP contribution in [0.2, 0.25) is 0 Å². The highest BCUT2D eigenvalue weighted by Gasteiger charge is 2.66. The summed E-state index contributed by atoms with van der Waals surface area (Å²) in [6.07, 6.45) is 0.0431. The van der Waals surface area contributed by atoms with Crippen LogP contribution >= 0.6 is 0 Å². The van der Waals surface area contributed by atoms with Gasteiger partial charge in [-0.15, -0.1) is 0 Å². The Balaban J connectivity index is 1.53. The van der Waals surface area contributed by atoms with Crippen LogP contribution in [0.25, 0.3) is 10.8 Å². The summed E-state index contributed by atoms with van der Waals surface area (Å²) < 4.78 is 6.92. The van der Waals surface area contributed by atoms with Crippen LogP contribution in [0.3, 0.4) is 0 Å². The lowest BCUT2D eigenvalue weighted by molar-refractivity contribution is -0.206. The van der Waals surface area contributed by atoms with E-state index in [1.165, 1.54) is 36.0 Å². The topological polar surface area (TPSA) is 66.9 Å². The average molecular weight is 483 g/mol. The van der Waals surface area contributed by atoms with Crippen molar-refractivity contribution in [2.75, 3.05) is 14.1 Å². The third-order valence-corrected chi connectivity index (χ3v) is 8.65. The fraction of sp³-hybridized carbons (Fsp3) is 0.367. The Labute approximate surface area is 210 Å². The van der Waals surface area contributed by atoms with Crippen LogP contribution in [0.4, 0.5) is 4.79 Å². The Kier molecular flexibility index (Phi) is 4.93. The first kappa shape index (κ1) is 22.9. The molecular weight excluding hydrogens is 452 g/mol. The lowest BCUT2D eigenvalue weighted by atomic mass is 9.58. The SMILES string of the molecule is CN1C(=O)N(C)C(=O)C2(C[C@@H]3Cc4cc5ccccc5cc4C(C)(C)[C@H]3O[C@H]2c2ccccc2)C1=O. The molecule has 3 aliphatic rings. The van der Waals surface area contributed by atoms with Gasteiger partial charge < -0.3 is 4.74 Å². The number of benzene rings is 3. The van der Waals surface area contributed by atoms with Crippen LogP contribution in [-0.4, -0.2) is 47.8 Å². The third kappa shape index (κ3) is 2.97. The number of fused-ring (bicyclic) bond motifs is 3. The number of amides is 4. The van der Waals surface area contributed by atoms with Gasteiger partial charge in [-0.3, -0.25) is 19.4 Å². The zero-order chi connectivity index (χ0) is 25.4. The van der Waals surface area contributed by atoms with Crippen LogP contribution in [-0.2, 0) is 26.2 Å². The molecule has 0 saturated carbocycles. The molecule has 6 rings (SSSR count). The van der Waals surface area contributed by atoms with Gasteiger partial charge in [0, 0.05) is 19.5 Å². The largest absolute Gasteiger partial charge is 0.367 e. The fourth-order valence-corrected chi connectivity index (χ4v) is 6.91. The van der Waals surface area contributed by atoms with Gasteiger partial charge in [0.15, 0.2) is 5.41 Å². The van der Waals surface area contributed by atoms with Gasteiger partial charge >= 0.3 is 6.03 Å². The number of rotatable bonds is 1. The van der Waals surface area contributed by atoms with Gasteiger partial charge in [-0.25, -0.2) is 4.79 Å². The standard InChI is InChI=1S/C30H30N2O4/c1-29(2)23-16-20-13-9-8-12-19(20)14-21(23)15-22-17-30(26(33)31(3)28(35)32(4)27(30)34)25(36-24(22)29)18-10-6-5-7-11-18/h5-14,16,22,24-25H,15,17H2,1-4H3/t22-,24-,25-/m0/s1. The van der Waals surface area contributed by atoms with E-state index in [0.29, 0.717) is 12.8 Å². The van der Waals surface area contributed by atoms with Crippen molar-refractivity contribution in [1.29, 1.82) is 0 Å². The summed E-state index contributed by atoms with van der Waals surface area (Å²) in [4.78, 5) is 42.6. The second-order valence-electron chi connectivity index (χ2n) is 11.1. The maximum atomic E-state index is 13.9. The van der Waals surface area contributed by atoms with E-state index in [-0.39, 0.29) is 17.4 Å². The zero-order valence-corrected chi connectivity index (χ0v) is 21.0. The summed E-state index contributed by atoms with van der Waals surface area (Å²) in [6, 6.07) is 21.7. The van der Waals surface area contributed by atoms with Crippen molar-refractivity contribution in [3.63, 3.8) is 0 Å². The maximum Gasteiger partial charge on any atom is 0.332 e. The Morgan fingerprint density at radius 1 is 0.833 bits per heavy atom. The third-order valence-electron chi connectivity index (χ3n) is 8.65. The van der Waals surface area contributed by atoms with E-state index < -0.39 is 29.4 Å². The van der Waals surface area contributed by atoms with Crippen molar-refractivity contribution >= 4 is 28.6 Å². The summed E-state index contributed by atoms with van der Waals surface area (Å²) >= 11 is 0. The first-order valence-corrected chi connectivity index (χ1v) is 12.5. The van der Waals surface area contributed by atoms with Gasteiger partial charge in [-0.2, -0.15) is 0 Å². The molecule has 1 aliphatic carbocycles. The molecule has 2 heterocycles. The van der Waals surface area contributed by atoms with Gasteiger partial charge in [0.1, 0.15) is 6.10 Å². The second kappa shape index (κ2) is 7.74. The molecule has 2 saturated heterocycles. The Bertz CT molecular complexity index is 1390. The molecule has 0 radical (unpaired) electrons. The molecule has 3 aromatic carbocycles. The number of urea groups is 1. The zero-order valence-electron chi connectivity index (χ0n) is 21.0. The molecule has 6 heteroatoms. The molecule has 2 aliphatic heterocycles. The molecule has 0 bridgehead atoms. The number of carbonyl (C=O) groups excluding carboxylic acids is 3. The van der Waals surface area contributed by atoms with Gasteiger partial charge in [-0.05, 0) is 46.2 Å². The normalized spacial score (nSPS) is 26.8. The van der Waals surface area contributed by atoms with Gasteiger partial charge in [-0.1, -0.05) is 80.6 Å². The highest BCUT2D eigenvalue weighted by molar-refractivity contribution is 6.19. The fourth-order valence-electron chi connectivity index (χ4n) is 6.91. The van der Waals surface area contributed by atoms with Gasteiger partial charge in [0.25, 0.3) is 0 Å². The van der Waals surface area contributed by atoms with Gasteiger partial charge in [0.05, 0.1) is 6.10 Å². The molecule has 1 spiro atoms. The summed E-state index contributed by atoms with van der Waals surface area (Å²) in [5, 5.41) is 2.36. The van der Waals surface area contributed by atoms with E-state index in [0.717, 1.165) is 15.4 Å². The van der Waals surface area contributed by atoms with Crippen LogP contribution in [0.15, 0.2) is 66.7 Å². The van der Waals surface area contributed by atoms with Crippen molar-refractivity contribution in [1.82, 2.24) is 9.80 Å². The van der Waals surface area contributed by atoms with E-state index in [4.69, 9.17) is 4.74 Å². The van der Waals surface area contributed by atoms with E-state index in [9.17, 15) is 14.4 Å². The van der Waals surface area contributed by atoms with E-state index in [1.54, 1.807) is 0 Å². The van der Waals surface area contributed by atoms with Crippen LogP contribution in [0, 0.1) is 11.3 Å². The lowest BCUT2D eigenvalue weighted by Crippen LogP contribution is -2.68. The highest BCUT2D eigenvalue weighted by Crippen LogP contribution is 2.57. The van der Waals surface area contributed by atoms with Gasteiger partial charge in [0.2, 0.25) is 11.8 Å². The van der Waals surface area contributed by atoms with E-state index in [1.807, 2.05) is 42.5 Å². The van der Waals surface area contributed by atoms with E-state index in [2.05, 4.69) is 38.1 Å². The molecule has 184 valence electrons. The highest BCUT2D eigenvalue weighted by atomic mass is 16.5. The number of nitrogens with zero attached hydrogens (tertiary/aromatic N) is 2. The number of barbiturate groups is 1. The second-order valence-corrected chi connectivity index (χ2v) is 11.1. The molecular formula is C30H30N2O4. The summed E-state index contributed by atoms with van der Waals surface area (Å²) in [5.41, 5.74) is 1.41. The Hall–Kier alpha value is -3.51. The quantitative estimate of drug-likeness (QED) is 0.465. The maximum absolute atomic E-state index is 13.9. The number of hydrogen-bond acceptors (Lipinski definition) is 4. The number of carbonyl (C=O) groups is 3. The molecule has 3 atom stereocenters. The summed E-state index contributed by atoms with van der Waals surface area (Å²) in [6.45, 7) is 4.40. The first-order chi connectivity index (χ1) is 17.2. The predicted molar refractivity (Wildman–Crippen MR) is 136 cm³/mol. The van der Waals surface area contributed by atoms with Crippen molar-refractivity contribution < 1.29 is 19.1 Å². The molecule has 4 amide bonds. The summed E-state index contributed by atoms with van der Waals surface area (Å²) in [5.74, 6) is -1.02. The first-order valence-electron chi connectivity index (χ1n) is 12.5. The van der Waals surface area contributed by atoms with Crippen LogP contribution in [0.1, 0.15) is 43.1 Å². The van der Waals surface area contributed by atoms with Crippen molar-refractivity contribution in [2.45, 2.75) is 44.3 Å². The van der Waals surface area contributed by atoms with Crippen LogP contribution in [0.5, 0.6) is 0 Å². The average Bonchev–Trinajstić information content (AvgIpc) is 2.89. The Morgan fingerprint density at radius 2 is 1.42 bits per heavy atom. The molecule has 6 nitrogen and oxygen atoms in total. The lowest BCUT2D eigenvalue weighted by Gasteiger charge is -2.56. The molecule has 36 heavy (non-hydrogen) atoms. The Morgan fingerprint density at radius 3 is 2.06 bits per heavy atom.